The monoisotopic (exact) mass is 396 g/mol. The summed E-state index contributed by atoms with van der Waals surface area (Å²) in [6, 6.07) is 5.02. The van der Waals surface area contributed by atoms with Gasteiger partial charge in [-0.3, -0.25) is 9.59 Å². The number of nitrogens with zero attached hydrogens (tertiary/aromatic N) is 3. The van der Waals surface area contributed by atoms with Gasteiger partial charge in [0.15, 0.2) is 0 Å². The number of aromatic hydroxyl groups is 1. The summed E-state index contributed by atoms with van der Waals surface area (Å²) in [5.41, 5.74) is 2.49. The summed E-state index contributed by atoms with van der Waals surface area (Å²) in [5, 5.41) is 9.69. The Bertz CT molecular complexity index is 885. The van der Waals surface area contributed by atoms with Crippen LogP contribution in [0.3, 0.4) is 0 Å². The van der Waals surface area contributed by atoms with Gasteiger partial charge in [-0.05, 0) is 55.4 Å². The van der Waals surface area contributed by atoms with E-state index in [-0.39, 0.29) is 23.0 Å². The van der Waals surface area contributed by atoms with E-state index in [0.717, 1.165) is 37.9 Å². The minimum Gasteiger partial charge on any atom is -0.508 e. The molecule has 2 aliphatic rings. The number of H-pyrrole nitrogens is 1. The molecule has 4 rings (SSSR count). The van der Waals surface area contributed by atoms with Crippen molar-refractivity contribution in [1.29, 1.82) is 0 Å². The van der Waals surface area contributed by atoms with Crippen LogP contribution in [0.25, 0.3) is 0 Å². The van der Waals surface area contributed by atoms with Crippen LogP contribution in [0.2, 0.25) is 0 Å². The fourth-order valence-electron chi connectivity index (χ4n) is 4.55. The Labute approximate surface area is 170 Å². The topological polar surface area (TPSA) is 89.5 Å². The molecule has 0 saturated carbocycles. The third-order valence-corrected chi connectivity index (χ3v) is 6.51. The van der Waals surface area contributed by atoms with Gasteiger partial charge in [-0.15, -0.1) is 0 Å². The highest BCUT2D eigenvalue weighted by Crippen LogP contribution is 2.40. The van der Waals surface area contributed by atoms with Crippen molar-refractivity contribution in [3.05, 3.63) is 47.5 Å². The van der Waals surface area contributed by atoms with E-state index >= 15 is 0 Å². The molecule has 0 radical (unpaired) electrons. The number of nitrogens with one attached hydrogen (secondary N) is 1. The largest absolute Gasteiger partial charge is 0.508 e. The Morgan fingerprint density at radius 2 is 2.07 bits per heavy atom. The lowest BCUT2D eigenvalue weighted by atomic mass is 9.72. The number of aromatic amines is 1. The Kier molecular flexibility index (Phi) is 5.30. The summed E-state index contributed by atoms with van der Waals surface area (Å²) in [5.74, 6) is 0.459. The molecule has 1 aromatic carbocycles. The van der Waals surface area contributed by atoms with Crippen LogP contribution in [0.15, 0.2) is 30.7 Å². The second kappa shape index (κ2) is 7.89. The molecule has 1 spiro atoms. The normalized spacial score (nSPS) is 19.0. The molecule has 7 nitrogen and oxygen atoms in total. The number of phenolic OH excluding ortho intramolecular Hbond substituents is 1. The van der Waals surface area contributed by atoms with Crippen LogP contribution in [0.4, 0.5) is 0 Å². The van der Waals surface area contributed by atoms with Crippen LogP contribution >= 0.6 is 0 Å². The summed E-state index contributed by atoms with van der Waals surface area (Å²) in [6.45, 7) is 4.70. The number of amides is 2. The van der Waals surface area contributed by atoms with E-state index in [4.69, 9.17) is 0 Å². The zero-order valence-electron chi connectivity index (χ0n) is 16.9. The van der Waals surface area contributed by atoms with Gasteiger partial charge in [-0.1, -0.05) is 0 Å². The number of piperidine rings is 2. The maximum absolute atomic E-state index is 12.9. The van der Waals surface area contributed by atoms with Crippen molar-refractivity contribution in [2.24, 2.45) is 5.41 Å². The quantitative estimate of drug-likeness (QED) is 0.831. The van der Waals surface area contributed by atoms with Gasteiger partial charge in [0.1, 0.15) is 5.75 Å². The van der Waals surface area contributed by atoms with E-state index in [1.54, 1.807) is 37.6 Å². The van der Waals surface area contributed by atoms with E-state index in [2.05, 4.69) is 9.97 Å². The van der Waals surface area contributed by atoms with E-state index < -0.39 is 0 Å². The average molecular weight is 396 g/mol. The van der Waals surface area contributed by atoms with Crippen LogP contribution in [-0.4, -0.2) is 62.9 Å². The number of carbonyl (C=O) groups excluding carboxylic acids is 2. The molecule has 29 heavy (non-hydrogen) atoms. The van der Waals surface area contributed by atoms with Crippen LogP contribution in [0.1, 0.15) is 47.3 Å². The molecule has 154 valence electrons. The Morgan fingerprint density at radius 3 is 2.76 bits per heavy atom. The molecular weight excluding hydrogens is 368 g/mol. The number of rotatable bonds is 4. The zero-order valence-corrected chi connectivity index (χ0v) is 16.9. The summed E-state index contributed by atoms with van der Waals surface area (Å²) >= 11 is 0. The predicted octanol–water partition coefficient (Wildman–Crippen LogP) is 2.51. The Balaban J connectivity index is 1.36. The molecule has 0 bridgehead atoms. The fraction of sp³-hybridized carbons (Fsp3) is 0.500. The molecule has 2 amide bonds. The average Bonchev–Trinajstić information content (AvgIpc) is 3.25. The number of aryl methyl sites for hydroxylation is 1. The van der Waals surface area contributed by atoms with E-state index in [9.17, 15) is 14.7 Å². The third kappa shape index (κ3) is 4.13. The van der Waals surface area contributed by atoms with Crippen LogP contribution in [0, 0.1) is 12.3 Å². The number of hydrogen-bond donors (Lipinski definition) is 2. The molecule has 0 atom stereocenters. The fourth-order valence-corrected chi connectivity index (χ4v) is 4.55. The molecule has 2 N–H and O–H groups in total. The maximum Gasteiger partial charge on any atom is 0.253 e. The van der Waals surface area contributed by atoms with Gasteiger partial charge in [0.05, 0.1) is 6.33 Å². The first kappa shape index (κ1) is 19.5. The molecule has 1 aromatic heterocycles. The van der Waals surface area contributed by atoms with E-state index in [0.29, 0.717) is 37.2 Å². The highest BCUT2D eigenvalue weighted by Gasteiger charge is 2.41. The molecule has 0 unspecified atom stereocenters. The van der Waals surface area contributed by atoms with Gasteiger partial charge in [0.2, 0.25) is 5.91 Å². The molecule has 2 saturated heterocycles. The van der Waals surface area contributed by atoms with Crippen LogP contribution < -0.4 is 0 Å². The van der Waals surface area contributed by atoms with Crippen LogP contribution in [0.5, 0.6) is 5.75 Å². The first-order chi connectivity index (χ1) is 14.0. The first-order valence-corrected chi connectivity index (χ1v) is 10.3. The SMILES string of the molecule is Cc1cc(C(=O)N2CCC3(CCC(=O)N(CCc4cnc[nH]4)C3)CC2)ccc1O. The third-order valence-electron chi connectivity index (χ3n) is 6.51. The molecule has 2 fully saturated rings. The number of phenols is 1. The summed E-state index contributed by atoms with van der Waals surface area (Å²) in [4.78, 5) is 36.3. The number of likely N-dealkylation sites (tertiary alicyclic amines) is 2. The van der Waals surface area contributed by atoms with Crippen molar-refractivity contribution in [2.75, 3.05) is 26.2 Å². The first-order valence-electron chi connectivity index (χ1n) is 10.3. The molecule has 7 heteroatoms. The molecule has 0 aliphatic carbocycles. The Hall–Kier alpha value is -2.83. The van der Waals surface area contributed by atoms with Crippen molar-refractivity contribution in [3.63, 3.8) is 0 Å². The van der Waals surface area contributed by atoms with Gasteiger partial charge < -0.3 is 19.9 Å². The second-order valence-corrected chi connectivity index (χ2v) is 8.44. The lowest BCUT2D eigenvalue weighted by Crippen LogP contribution is -2.52. The Morgan fingerprint density at radius 1 is 1.28 bits per heavy atom. The van der Waals surface area contributed by atoms with E-state index in [1.165, 1.54) is 0 Å². The number of aromatic nitrogens is 2. The van der Waals surface area contributed by atoms with Gasteiger partial charge in [0, 0.05) is 56.5 Å². The minimum absolute atomic E-state index is 0.0194. The highest BCUT2D eigenvalue weighted by molar-refractivity contribution is 5.94. The summed E-state index contributed by atoms with van der Waals surface area (Å²) in [7, 11) is 0. The van der Waals surface area contributed by atoms with Crippen molar-refractivity contribution >= 4 is 11.8 Å². The number of hydrogen-bond acceptors (Lipinski definition) is 4. The molecular formula is C22H28N4O3. The zero-order chi connectivity index (χ0) is 20.4. The number of benzene rings is 1. The summed E-state index contributed by atoms with van der Waals surface area (Å²) in [6.07, 6.45) is 7.59. The molecule has 3 heterocycles. The van der Waals surface area contributed by atoms with Crippen molar-refractivity contribution in [2.45, 2.75) is 39.0 Å². The molecule has 2 aromatic rings. The summed E-state index contributed by atoms with van der Waals surface area (Å²) < 4.78 is 0. The van der Waals surface area contributed by atoms with Crippen molar-refractivity contribution in [1.82, 2.24) is 19.8 Å². The standard InChI is InChI=1S/C22H28N4O3/c1-16-12-17(2-3-19(16)27)21(29)25-10-7-22(8-11-25)6-4-20(28)26(14-22)9-5-18-13-23-15-24-18/h2-3,12-13,15,27H,4-11,14H2,1H3,(H,23,24). The van der Waals surface area contributed by atoms with Crippen LogP contribution in [-0.2, 0) is 11.2 Å². The lowest BCUT2D eigenvalue weighted by molar-refractivity contribution is -0.138. The number of carbonyl (C=O) groups is 2. The predicted molar refractivity (Wildman–Crippen MR) is 109 cm³/mol. The number of imidazole rings is 1. The van der Waals surface area contributed by atoms with Gasteiger partial charge in [0.25, 0.3) is 5.91 Å². The van der Waals surface area contributed by atoms with E-state index in [1.807, 2.05) is 9.80 Å². The molecule has 2 aliphatic heterocycles. The van der Waals surface area contributed by atoms with Gasteiger partial charge in [-0.25, -0.2) is 4.98 Å². The minimum atomic E-state index is 0.0194. The van der Waals surface area contributed by atoms with Gasteiger partial charge in [-0.2, -0.15) is 0 Å². The smallest absolute Gasteiger partial charge is 0.253 e. The lowest BCUT2D eigenvalue weighted by Gasteiger charge is -2.47. The second-order valence-electron chi connectivity index (χ2n) is 8.44. The maximum atomic E-state index is 12.9. The van der Waals surface area contributed by atoms with Gasteiger partial charge >= 0.3 is 0 Å². The van der Waals surface area contributed by atoms with Crippen molar-refractivity contribution in [3.8, 4) is 5.75 Å². The highest BCUT2D eigenvalue weighted by atomic mass is 16.3. The van der Waals surface area contributed by atoms with Crippen molar-refractivity contribution < 1.29 is 14.7 Å².